The number of benzene rings is 1. The topological polar surface area (TPSA) is 98.7 Å². The second-order valence-corrected chi connectivity index (χ2v) is 12.2. The van der Waals surface area contributed by atoms with Crippen LogP contribution in [0.15, 0.2) is 30.3 Å². The molecule has 3 fully saturated rings. The van der Waals surface area contributed by atoms with Gasteiger partial charge in [-0.2, -0.15) is 0 Å². The van der Waals surface area contributed by atoms with Crippen LogP contribution in [-0.2, 0) is 14.4 Å². The van der Waals surface area contributed by atoms with Crippen molar-refractivity contribution in [1.29, 1.82) is 0 Å². The Bertz CT molecular complexity index is 903. The first-order chi connectivity index (χ1) is 16.4. The van der Waals surface area contributed by atoms with E-state index in [4.69, 9.17) is 0 Å². The lowest BCUT2D eigenvalue weighted by molar-refractivity contribution is -0.139. The summed E-state index contributed by atoms with van der Waals surface area (Å²) in [5.41, 5.74) is 0.705. The zero-order chi connectivity index (χ0) is 24.3. The third kappa shape index (κ3) is 4.63. The second kappa shape index (κ2) is 11.0. The van der Waals surface area contributed by atoms with Gasteiger partial charge in [0, 0.05) is 35.5 Å². The van der Waals surface area contributed by atoms with Gasteiger partial charge >= 0.3 is 0 Å². The van der Waals surface area contributed by atoms with Crippen LogP contribution in [0.3, 0.4) is 0 Å². The lowest BCUT2D eigenvalue weighted by atomic mass is 9.70. The second-order valence-electron chi connectivity index (χ2n) is 9.48. The van der Waals surface area contributed by atoms with Crippen molar-refractivity contribution in [3.63, 3.8) is 0 Å². The molecule has 3 aliphatic rings. The highest BCUT2D eigenvalue weighted by Crippen LogP contribution is 2.67. The fraction of sp³-hybridized carbons (Fsp3) is 0.640. The van der Waals surface area contributed by atoms with Crippen LogP contribution >= 0.6 is 27.7 Å². The summed E-state index contributed by atoms with van der Waals surface area (Å²) in [6.07, 6.45) is 4.89. The molecule has 1 spiro atoms. The number of aliphatic hydroxyl groups is 1. The normalized spacial score (nSPS) is 31.6. The van der Waals surface area contributed by atoms with Crippen molar-refractivity contribution in [1.82, 2.24) is 10.2 Å². The van der Waals surface area contributed by atoms with Crippen molar-refractivity contribution in [3.05, 3.63) is 30.3 Å². The first kappa shape index (κ1) is 25.5. The summed E-state index contributed by atoms with van der Waals surface area (Å²) in [6.45, 7) is 3.17. The number of rotatable bonds is 11. The Labute approximate surface area is 213 Å². The van der Waals surface area contributed by atoms with E-state index >= 15 is 0 Å². The number of alkyl halides is 1. The molecule has 3 N–H and O–H groups in total. The van der Waals surface area contributed by atoms with Gasteiger partial charge in [-0.15, -0.1) is 11.8 Å². The molecule has 3 unspecified atom stereocenters. The number of amides is 3. The number of carbonyl (C=O) groups excluding carboxylic acids is 3. The monoisotopic (exact) mass is 551 g/mol. The average Bonchev–Trinajstić information content (AvgIpc) is 3.41. The zero-order valence-corrected chi connectivity index (χ0v) is 21.9. The molecule has 7 nitrogen and oxygen atoms in total. The van der Waals surface area contributed by atoms with Crippen molar-refractivity contribution in [3.8, 4) is 0 Å². The van der Waals surface area contributed by atoms with Crippen molar-refractivity contribution < 1.29 is 19.5 Å². The number of anilines is 1. The Balaban J connectivity index is 1.61. The van der Waals surface area contributed by atoms with Gasteiger partial charge in [0.15, 0.2) is 0 Å². The summed E-state index contributed by atoms with van der Waals surface area (Å²) >= 11 is 5.43. The molecule has 4 rings (SSSR count). The number of aliphatic hydroxyl groups excluding tert-OH is 1. The van der Waals surface area contributed by atoms with Gasteiger partial charge in [-0.05, 0) is 37.8 Å². The third-order valence-electron chi connectivity index (χ3n) is 7.27. The van der Waals surface area contributed by atoms with E-state index in [1.54, 1.807) is 16.7 Å². The number of halogens is 1. The number of unbranched alkanes of at least 4 members (excludes halogenated alkanes) is 3. The smallest absolute Gasteiger partial charge is 0.244 e. The standard InChI is InChI=1S/C25H34BrN3O4S/c1-2-3-7-12-27-23(32)21-25-15-17(26)20(34-25)18(22(31)28-16-10-5-4-6-11-16)19(25)24(33)29(21)13-8-9-14-30/h4-6,10-11,17-21,30H,2-3,7-9,12-15H2,1H3,(H,27,32)(H,28,31)/t17?,18-,19-,20-,21?,25?/m0/s1. The summed E-state index contributed by atoms with van der Waals surface area (Å²) in [7, 11) is 0. The Morgan fingerprint density at radius 2 is 1.94 bits per heavy atom. The number of carbonyl (C=O) groups is 3. The number of thioether (sulfide) groups is 1. The van der Waals surface area contributed by atoms with Gasteiger partial charge in [-0.3, -0.25) is 14.4 Å². The summed E-state index contributed by atoms with van der Waals surface area (Å²) in [6, 6.07) is 8.69. The number of fused-ring (bicyclic) bond motifs is 1. The zero-order valence-electron chi connectivity index (χ0n) is 19.5. The van der Waals surface area contributed by atoms with E-state index in [1.807, 2.05) is 30.3 Å². The predicted molar refractivity (Wildman–Crippen MR) is 138 cm³/mol. The van der Waals surface area contributed by atoms with Gasteiger partial charge in [-0.1, -0.05) is 53.9 Å². The average molecular weight is 553 g/mol. The summed E-state index contributed by atoms with van der Waals surface area (Å²) < 4.78 is -0.622. The first-order valence-corrected chi connectivity index (χ1v) is 14.1. The number of para-hydroxylation sites is 1. The van der Waals surface area contributed by atoms with E-state index in [1.165, 1.54) is 0 Å². The van der Waals surface area contributed by atoms with Gasteiger partial charge in [0.1, 0.15) is 6.04 Å². The van der Waals surface area contributed by atoms with E-state index in [0.29, 0.717) is 38.0 Å². The number of nitrogens with one attached hydrogen (secondary N) is 2. The summed E-state index contributed by atoms with van der Waals surface area (Å²) in [4.78, 5) is 42.5. The molecule has 0 saturated carbocycles. The van der Waals surface area contributed by atoms with Crippen molar-refractivity contribution in [2.75, 3.05) is 25.0 Å². The maximum Gasteiger partial charge on any atom is 0.244 e. The molecule has 186 valence electrons. The Kier molecular flexibility index (Phi) is 8.25. The van der Waals surface area contributed by atoms with Crippen LogP contribution in [0.2, 0.25) is 0 Å². The third-order valence-corrected chi connectivity index (χ3v) is 10.5. The summed E-state index contributed by atoms with van der Waals surface area (Å²) in [5, 5.41) is 15.3. The van der Waals surface area contributed by atoms with E-state index in [9.17, 15) is 19.5 Å². The largest absolute Gasteiger partial charge is 0.396 e. The van der Waals surface area contributed by atoms with E-state index in [-0.39, 0.29) is 34.4 Å². The predicted octanol–water partition coefficient (Wildman–Crippen LogP) is 3.17. The van der Waals surface area contributed by atoms with Gasteiger partial charge in [-0.25, -0.2) is 0 Å². The molecule has 2 bridgehead atoms. The highest BCUT2D eigenvalue weighted by molar-refractivity contribution is 9.09. The number of hydrogen-bond acceptors (Lipinski definition) is 5. The van der Waals surface area contributed by atoms with E-state index in [0.717, 1.165) is 19.3 Å². The lowest BCUT2D eigenvalue weighted by Crippen LogP contribution is -2.54. The molecule has 3 amide bonds. The molecular weight excluding hydrogens is 518 g/mol. The minimum atomic E-state index is -0.622. The van der Waals surface area contributed by atoms with Crippen molar-refractivity contribution in [2.45, 2.75) is 66.3 Å². The molecule has 34 heavy (non-hydrogen) atoms. The molecule has 0 aromatic heterocycles. The number of likely N-dealkylation sites (tertiary alicyclic amines) is 1. The van der Waals surface area contributed by atoms with Crippen LogP contribution in [0.4, 0.5) is 5.69 Å². The number of hydrogen-bond donors (Lipinski definition) is 3. The Morgan fingerprint density at radius 1 is 1.18 bits per heavy atom. The molecule has 6 atom stereocenters. The molecule has 0 aliphatic carbocycles. The van der Waals surface area contributed by atoms with Crippen molar-refractivity contribution >= 4 is 51.1 Å². The number of nitrogens with zero attached hydrogens (tertiary/aromatic N) is 1. The highest BCUT2D eigenvalue weighted by Gasteiger charge is 2.75. The van der Waals surface area contributed by atoms with Crippen LogP contribution in [-0.4, -0.2) is 68.3 Å². The van der Waals surface area contributed by atoms with E-state index in [2.05, 4.69) is 33.5 Å². The maximum atomic E-state index is 13.8. The summed E-state index contributed by atoms with van der Waals surface area (Å²) in [5.74, 6) is -1.41. The maximum absolute atomic E-state index is 13.8. The minimum absolute atomic E-state index is 0.0485. The first-order valence-electron chi connectivity index (χ1n) is 12.3. The quantitative estimate of drug-likeness (QED) is 0.290. The van der Waals surface area contributed by atoms with Crippen LogP contribution in [0.25, 0.3) is 0 Å². The van der Waals surface area contributed by atoms with Gasteiger partial charge in [0.2, 0.25) is 17.7 Å². The van der Waals surface area contributed by atoms with Gasteiger partial charge in [0.05, 0.1) is 16.6 Å². The highest BCUT2D eigenvalue weighted by atomic mass is 79.9. The fourth-order valence-corrected chi connectivity index (χ4v) is 9.41. The SMILES string of the molecule is CCCCCNC(=O)C1N(CCCCO)C(=O)[C@@H]2[C@H](C(=O)Nc3ccccc3)[C@H]3SC12CC3Br. The van der Waals surface area contributed by atoms with Crippen LogP contribution in [0, 0.1) is 11.8 Å². The van der Waals surface area contributed by atoms with E-state index < -0.39 is 22.6 Å². The molecule has 9 heteroatoms. The van der Waals surface area contributed by atoms with Crippen LogP contribution in [0.5, 0.6) is 0 Å². The lowest BCUT2D eigenvalue weighted by Gasteiger charge is -2.35. The van der Waals surface area contributed by atoms with Crippen LogP contribution < -0.4 is 10.6 Å². The molecule has 3 aliphatic heterocycles. The molecule has 3 heterocycles. The Morgan fingerprint density at radius 3 is 2.65 bits per heavy atom. The van der Waals surface area contributed by atoms with Gasteiger partial charge < -0.3 is 20.6 Å². The molecular formula is C25H34BrN3O4S. The Hall–Kier alpha value is -1.58. The van der Waals surface area contributed by atoms with Gasteiger partial charge in [0.25, 0.3) is 0 Å². The van der Waals surface area contributed by atoms with Crippen molar-refractivity contribution in [2.24, 2.45) is 11.8 Å². The molecule has 3 saturated heterocycles. The molecule has 1 aromatic carbocycles. The molecule has 0 radical (unpaired) electrons. The molecule has 1 aromatic rings. The fourth-order valence-electron chi connectivity index (χ4n) is 5.79. The van der Waals surface area contributed by atoms with Crippen LogP contribution in [0.1, 0.15) is 45.4 Å². The minimum Gasteiger partial charge on any atom is -0.396 e.